The first kappa shape index (κ1) is 17.4. The Balaban J connectivity index is 2.17. The molecule has 1 aromatic carbocycles. The second kappa shape index (κ2) is 7.52. The lowest BCUT2D eigenvalue weighted by molar-refractivity contribution is 0.197. The van der Waals surface area contributed by atoms with Gasteiger partial charge in [0.25, 0.3) is 0 Å². The van der Waals surface area contributed by atoms with Crippen molar-refractivity contribution in [2.45, 2.75) is 31.6 Å². The molecule has 2 rings (SSSR count). The van der Waals surface area contributed by atoms with Crippen LogP contribution >= 0.6 is 0 Å². The summed E-state index contributed by atoms with van der Waals surface area (Å²) in [5, 5.41) is 13.0. The summed E-state index contributed by atoms with van der Waals surface area (Å²) in [6, 6.07) is 8.82. The Hall–Kier alpha value is -1.99. The summed E-state index contributed by atoms with van der Waals surface area (Å²) in [6.07, 6.45) is 2.62. The predicted molar refractivity (Wildman–Crippen MR) is 93.5 cm³/mol. The number of likely N-dealkylation sites (tertiary alicyclic amines) is 1. The molecule has 0 radical (unpaired) electrons. The van der Waals surface area contributed by atoms with Crippen molar-refractivity contribution in [1.29, 1.82) is 5.26 Å². The molecule has 0 unspecified atom stereocenters. The van der Waals surface area contributed by atoms with Gasteiger partial charge < -0.3 is 10.1 Å². The maximum atomic E-state index is 9.87. The number of nitriles is 1. The molecule has 23 heavy (non-hydrogen) atoms. The molecule has 0 spiro atoms. The van der Waals surface area contributed by atoms with Gasteiger partial charge in [-0.25, -0.2) is 0 Å². The van der Waals surface area contributed by atoms with Crippen LogP contribution in [0.15, 0.2) is 30.5 Å². The minimum atomic E-state index is -0.381. The largest absolute Gasteiger partial charge is 0.496 e. The van der Waals surface area contributed by atoms with Crippen molar-refractivity contribution >= 4 is 0 Å². The van der Waals surface area contributed by atoms with E-state index in [0.29, 0.717) is 0 Å². The van der Waals surface area contributed by atoms with Gasteiger partial charge in [-0.3, -0.25) is 4.90 Å². The number of nitrogens with zero attached hydrogens (tertiary/aromatic N) is 2. The lowest BCUT2D eigenvalue weighted by atomic mass is 9.73. The molecule has 0 bridgehead atoms. The Kier molecular flexibility index (Phi) is 5.68. The molecule has 0 aliphatic carbocycles. The Morgan fingerprint density at radius 2 is 2.13 bits per heavy atom. The van der Waals surface area contributed by atoms with Gasteiger partial charge in [0.15, 0.2) is 0 Å². The third kappa shape index (κ3) is 3.68. The predicted octanol–water partition coefficient (Wildman–Crippen LogP) is 2.85. The molecule has 1 aliphatic heterocycles. The van der Waals surface area contributed by atoms with Crippen LogP contribution in [0.25, 0.3) is 0 Å². The van der Waals surface area contributed by atoms with E-state index in [2.05, 4.69) is 41.9 Å². The SMILES string of the molecule is C=C(CN1CCC(C#N)(c2ccc(OC)c(CC)c2)CC1)NC. The fraction of sp³-hybridized carbons (Fsp3) is 0.526. The van der Waals surface area contributed by atoms with Crippen molar-refractivity contribution in [3.8, 4) is 11.8 Å². The fourth-order valence-corrected chi connectivity index (χ4v) is 3.26. The Morgan fingerprint density at radius 1 is 1.43 bits per heavy atom. The molecule has 0 atom stereocenters. The monoisotopic (exact) mass is 313 g/mol. The molecule has 0 aromatic heterocycles. The lowest BCUT2D eigenvalue weighted by Gasteiger charge is -2.38. The van der Waals surface area contributed by atoms with Gasteiger partial charge in [-0.2, -0.15) is 5.26 Å². The number of piperidine rings is 1. The normalized spacial score (nSPS) is 17.3. The first-order chi connectivity index (χ1) is 11.1. The standard InChI is InChI=1S/C19H27N3O/c1-5-16-12-17(6-7-18(16)23-4)19(14-20)8-10-22(11-9-19)13-15(2)21-3/h6-7,12,21H,2,5,8-11,13H2,1,3-4H3. The molecule has 0 amide bonds. The van der Waals surface area contributed by atoms with Gasteiger partial charge in [-0.15, -0.1) is 0 Å². The van der Waals surface area contributed by atoms with E-state index in [1.807, 2.05) is 13.1 Å². The van der Waals surface area contributed by atoms with Gasteiger partial charge >= 0.3 is 0 Å². The van der Waals surface area contributed by atoms with E-state index < -0.39 is 0 Å². The number of aryl methyl sites for hydroxylation is 1. The van der Waals surface area contributed by atoms with Crippen LogP contribution in [-0.4, -0.2) is 38.7 Å². The zero-order chi connectivity index (χ0) is 16.9. The van der Waals surface area contributed by atoms with Crippen molar-refractivity contribution < 1.29 is 4.74 Å². The van der Waals surface area contributed by atoms with E-state index in [9.17, 15) is 5.26 Å². The number of hydrogen-bond donors (Lipinski definition) is 1. The smallest absolute Gasteiger partial charge is 0.122 e. The number of nitrogens with one attached hydrogen (secondary N) is 1. The second-order valence-corrected chi connectivity index (χ2v) is 6.20. The van der Waals surface area contributed by atoms with Crippen LogP contribution in [-0.2, 0) is 11.8 Å². The topological polar surface area (TPSA) is 48.3 Å². The van der Waals surface area contributed by atoms with Crippen molar-refractivity contribution in [2.24, 2.45) is 0 Å². The third-order valence-electron chi connectivity index (χ3n) is 4.91. The van der Waals surface area contributed by atoms with Crippen LogP contribution in [0.5, 0.6) is 5.75 Å². The molecule has 1 aromatic rings. The maximum absolute atomic E-state index is 9.87. The number of likely N-dealkylation sites (N-methyl/N-ethyl adjacent to an activating group) is 1. The quantitative estimate of drug-likeness (QED) is 0.877. The molecule has 1 aliphatic rings. The highest BCUT2D eigenvalue weighted by molar-refractivity contribution is 5.43. The fourth-order valence-electron chi connectivity index (χ4n) is 3.26. The van der Waals surface area contributed by atoms with E-state index >= 15 is 0 Å². The first-order valence-electron chi connectivity index (χ1n) is 8.25. The highest BCUT2D eigenvalue weighted by Gasteiger charge is 2.36. The van der Waals surface area contributed by atoms with Crippen LogP contribution in [0.2, 0.25) is 0 Å². The summed E-state index contributed by atoms with van der Waals surface area (Å²) < 4.78 is 5.41. The maximum Gasteiger partial charge on any atom is 0.122 e. The van der Waals surface area contributed by atoms with Gasteiger partial charge in [0.1, 0.15) is 5.75 Å². The van der Waals surface area contributed by atoms with Gasteiger partial charge in [0.2, 0.25) is 0 Å². The van der Waals surface area contributed by atoms with E-state index in [1.165, 1.54) is 5.56 Å². The molecule has 1 fully saturated rings. The number of methoxy groups -OCH3 is 1. The zero-order valence-electron chi connectivity index (χ0n) is 14.5. The van der Waals surface area contributed by atoms with Gasteiger partial charge in [0, 0.05) is 32.4 Å². The highest BCUT2D eigenvalue weighted by atomic mass is 16.5. The summed E-state index contributed by atoms with van der Waals surface area (Å²) in [4.78, 5) is 2.36. The number of hydrogen-bond acceptors (Lipinski definition) is 4. The summed E-state index contributed by atoms with van der Waals surface area (Å²) in [7, 11) is 3.59. The van der Waals surface area contributed by atoms with Crippen molar-refractivity contribution in [1.82, 2.24) is 10.2 Å². The van der Waals surface area contributed by atoms with Gasteiger partial charge in [-0.1, -0.05) is 25.6 Å². The van der Waals surface area contributed by atoms with Crippen molar-refractivity contribution in [3.63, 3.8) is 0 Å². The Morgan fingerprint density at radius 3 is 2.65 bits per heavy atom. The molecule has 1 saturated heterocycles. The van der Waals surface area contributed by atoms with Gasteiger partial charge in [0.05, 0.1) is 18.6 Å². The molecule has 4 nitrogen and oxygen atoms in total. The first-order valence-corrected chi connectivity index (χ1v) is 8.25. The van der Waals surface area contributed by atoms with Crippen molar-refractivity contribution in [2.75, 3.05) is 33.8 Å². The summed E-state index contributed by atoms with van der Waals surface area (Å²) >= 11 is 0. The molecular weight excluding hydrogens is 286 g/mol. The minimum absolute atomic E-state index is 0.381. The van der Waals surface area contributed by atoms with Crippen LogP contribution in [0.4, 0.5) is 0 Å². The van der Waals surface area contributed by atoms with Crippen LogP contribution < -0.4 is 10.1 Å². The van der Waals surface area contributed by atoms with E-state index in [1.54, 1.807) is 7.11 Å². The lowest BCUT2D eigenvalue weighted by Crippen LogP contribution is -2.43. The number of ether oxygens (including phenoxy) is 1. The number of rotatable bonds is 6. The molecule has 1 heterocycles. The summed E-state index contributed by atoms with van der Waals surface area (Å²) in [5.74, 6) is 0.909. The second-order valence-electron chi connectivity index (χ2n) is 6.20. The summed E-state index contributed by atoms with van der Waals surface area (Å²) in [5.41, 5.74) is 2.94. The van der Waals surface area contributed by atoms with Crippen LogP contribution in [0.1, 0.15) is 30.9 Å². The average Bonchev–Trinajstić information content (AvgIpc) is 2.61. The van der Waals surface area contributed by atoms with Crippen molar-refractivity contribution in [3.05, 3.63) is 41.6 Å². The van der Waals surface area contributed by atoms with E-state index in [0.717, 1.165) is 55.9 Å². The van der Waals surface area contributed by atoms with Crippen LogP contribution in [0.3, 0.4) is 0 Å². The number of benzene rings is 1. The third-order valence-corrected chi connectivity index (χ3v) is 4.91. The van der Waals surface area contributed by atoms with E-state index in [4.69, 9.17) is 4.74 Å². The Labute approximate surface area is 139 Å². The summed E-state index contributed by atoms with van der Waals surface area (Å²) in [6.45, 7) is 8.79. The molecule has 1 N–H and O–H groups in total. The molecule has 0 saturated carbocycles. The zero-order valence-corrected chi connectivity index (χ0v) is 14.5. The van der Waals surface area contributed by atoms with Crippen LogP contribution in [0, 0.1) is 11.3 Å². The molecule has 4 heteroatoms. The Bertz CT molecular complexity index is 595. The van der Waals surface area contributed by atoms with E-state index in [-0.39, 0.29) is 5.41 Å². The highest BCUT2D eigenvalue weighted by Crippen LogP contribution is 2.37. The minimum Gasteiger partial charge on any atom is -0.496 e. The average molecular weight is 313 g/mol. The molecular formula is C19H27N3O. The molecule has 124 valence electrons. The van der Waals surface area contributed by atoms with Gasteiger partial charge in [-0.05, 0) is 36.5 Å².